The van der Waals surface area contributed by atoms with Gasteiger partial charge in [-0.05, 0) is 37.5 Å². The van der Waals surface area contributed by atoms with E-state index in [2.05, 4.69) is 15.5 Å². The van der Waals surface area contributed by atoms with Crippen LogP contribution in [0.15, 0.2) is 24.4 Å². The summed E-state index contributed by atoms with van der Waals surface area (Å²) in [5, 5.41) is 9.74. The predicted octanol–water partition coefficient (Wildman–Crippen LogP) is 1.67. The molecule has 2 aromatic rings. The van der Waals surface area contributed by atoms with Crippen molar-refractivity contribution in [2.24, 2.45) is 0 Å². The molecule has 0 aliphatic heterocycles. The Kier molecular flexibility index (Phi) is 4.81. The van der Waals surface area contributed by atoms with Gasteiger partial charge in [0.05, 0.1) is 24.6 Å². The fraction of sp³-hybridized carbons (Fsp3) is 0.333. The summed E-state index contributed by atoms with van der Waals surface area (Å²) in [6.07, 6.45) is 3.53. The Balaban J connectivity index is 1.86. The summed E-state index contributed by atoms with van der Waals surface area (Å²) >= 11 is 0. The van der Waals surface area contributed by atoms with Crippen LogP contribution >= 0.6 is 0 Å². The molecule has 6 heteroatoms. The lowest BCUT2D eigenvalue weighted by Gasteiger charge is -2.10. The normalized spacial score (nSPS) is 10.4. The maximum Gasteiger partial charge on any atom is 0.253 e. The first-order valence-electron chi connectivity index (χ1n) is 6.83. The van der Waals surface area contributed by atoms with Crippen molar-refractivity contribution in [2.75, 3.05) is 19.4 Å². The first kappa shape index (κ1) is 14.9. The minimum Gasteiger partial charge on any atom is -0.495 e. The van der Waals surface area contributed by atoms with Crippen LogP contribution < -0.4 is 15.8 Å². The quantitative estimate of drug-likeness (QED) is 0.557. The number of benzene rings is 1. The summed E-state index contributed by atoms with van der Waals surface area (Å²) in [6, 6.07) is 5.17. The molecule has 112 valence electrons. The average Bonchev–Trinajstić information content (AvgIpc) is 2.89. The molecule has 0 atom stereocenters. The van der Waals surface area contributed by atoms with E-state index in [0.29, 0.717) is 23.5 Å². The zero-order valence-electron chi connectivity index (χ0n) is 12.3. The maximum atomic E-state index is 12.1. The van der Waals surface area contributed by atoms with Crippen LogP contribution in [-0.2, 0) is 6.42 Å². The molecule has 4 N–H and O–H groups in total. The number of para-hydroxylation sites is 1. The predicted molar refractivity (Wildman–Crippen MR) is 81.4 cm³/mol. The number of hydrogen-bond donors (Lipinski definition) is 3. The Morgan fingerprint density at radius 1 is 1.48 bits per heavy atom. The number of nitrogens with two attached hydrogens (primary N) is 1. The molecule has 0 saturated carbocycles. The van der Waals surface area contributed by atoms with Crippen LogP contribution in [0.4, 0.5) is 5.69 Å². The van der Waals surface area contributed by atoms with Gasteiger partial charge in [0.1, 0.15) is 5.75 Å². The molecule has 1 aromatic heterocycles. The van der Waals surface area contributed by atoms with E-state index in [1.54, 1.807) is 18.2 Å². The molecule has 0 bridgehead atoms. The molecule has 1 aromatic carbocycles. The summed E-state index contributed by atoms with van der Waals surface area (Å²) in [5.41, 5.74) is 8.94. The van der Waals surface area contributed by atoms with Crippen molar-refractivity contribution in [3.63, 3.8) is 0 Å². The Morgan fingerprint density at radius 2 is 2.29 bits per heavy atom. The van der Waals surface area contributed by atoms with Crippen molar-refractivity contribution in [3.05, 3.63) is 41.2 Å². The lowest BCUT2D eigenvalue weighted by molar-refractivity contribution is 0.0954. The number of nitrogens with one attached hydrogen (secondary N) is 2. The Bertz CT molecular complexity index is 622. The fourth-order valence-electron chi connectivity index (χ4n) is 2.12. The third-order valence-corrected chi connectivity index (χ3v) is 3.37. The van der Waals surface area contributed by atoms with Crippen LogP contribution in [0.3, 0.4) is 0 Å². The number of ether oxygens (including phenoxy) is 1. The highest BCUT2D eigenvalue weighted by Gasteiger charge is 2.12. The minimum atomic E-state index is -0.185. The first-order valence-corrected chi connectivity index (χ1v) is 6.83. The highest BCUT2D eigenvalue weighted by Crippen LogP contribution is 2.24. The lowest BCUT2D eigenvalue weighted by Crippen LogP contribution is -2.25. The standard InChI is InChI=1S/C15H20N4O2/c1-10-11(9-18-19-10)5-4-8-17-15(20)12-6-3-7-13(21-2)14(12)16/h3,6-7,9H,4-5,8,16H2,1-2H3,(H,17,20)(H,18,19). The molecule has 0 fully saturated rings. The van der Waals surface area contributed by atoms with Gasteiger partial charge in [-0.15, -0.1) is 0 Å². The number of anilines is 1. The van der Waals surface area contributed by atoms with Crippen LogP contribution in [0.1, 0.15) is 28.0 Å². The third-order valence-electron chi connectivity index (χ3n) is 3.37. The Hall–Kier alpha value is -2.50. The SMILES string of the molecule is COc1cccc(C(=O)NCCCc2cn[nH]c2C)c1N. The van der Waals surface area contributed by atoms with E-state index in [1.807, 2.05) is 13.1 Å². The molecule has 2 rings (SSSR count). The van der Waals surface area contributed by atoms with Crippen LogP contribution in [0, 0.1) is 6.92 Å². The van der Waals surface area contributed by atoms with Crippen LogP contribution in [-0.4, -0.2) is 29.8 Å². The molecule has 0 saturated heterocycles. The number of carbonyl (C=O) groups is 1. The summed E-state index contributed by atoms with van der Waals surface area (Å²) in [5.74, 6) is 0.326. The lowest BCUT2D eigenvalue weighted by atomic mass is 10.1. The van der Waals surface area contributed by atoms with Gasteiger partial charge in [-0.2, -0.15) is 5.10 Å². The first-order chi connectivity index (χ1) is 10.1. The third kappa shape index (κ3) is 3.53. The van der Waals surface area contributed by atoms with Gasteiger partial charge in [0.25, 0.3) is 5.91 Å². The van der Waals surface area contributed by atoms with Crippen molar-refractivity contribution in [1.29, 1.82) is 0 Å². The van der Waals surface area contributed by atoms with Crippen LogP contribution in [0.25, 0.3) is 0 Å². The van der Waals surface area contributed by atoms with E-state index < -0.39 is 0 Å². The van der Waals surface area contributed by atoms with E-state index in [4.69, 9.17) is 10.5 Å². The largest absolute Gasteiger partial charge is 0.495 e. The summed E-state index contributed by atoms with van der Waals surface area (Å²) < 4.78 is 5.11. The number of methoxy groups -OCH3 is 1. The molecule has 1 amide bonds. The van der Waals surface area contributed by atoms with Gasteiger partial charge in [0.2, 0.25) is 0 Å². The summed E-state index contributed by atoms with van der Waals surface area (Å²) in [4.78, 5) is 12.1. The second kappa shape index (κ2) is 6.78. The number of aryl methyl sites for hydroxylation is 2. The van der Waals surface area contributed by atoms with Gasteiger partial charge in [0, 0.05) is 12.2 Å². The van der Waals surface area contributed by atoms with E-state index >= 15 is 0 Å². The van der Waals surface area contributed by atoms with Crippen molar-refractivity contribution in [3.8, 4) is 5.75 Å². The molecule has 0 aliphatic carbocycles. The van der Waals surface area contributed by atoms with Crippen molar-refractivity contribution >= 4 is 11.6 Å². The zero-order chi connectivity index (χ0) is 15.2. The number of H-pyrrole nitrogens is 1. The summed E-state index contributed by atoms with van der Waals surface area (Å²) in [6.45, 7) is 2.57. The van der Waals surface area contributed by atoms with Crippen molar-refractivity contribution in [1.82, 2.24) is 15.5 Å². The fourth-order valence-corrected chi connectivity index (χ4v) is 2.12. The van der Waals surface area contributed by atoms with Crippen LogP contribution in [0.2, 0.25) is 0 Å². The van der Waals surface area contributed by atoms with Crippen LogP contribution in [0.5, 0.6) is 5.75 Å². The number of aromatic amines is 1. The molecule has 21 heavy (non-hydrogen) atoms. The second-order valence-electron chi connectivity index (χ2n) is 4.80. The summed E-state index contributed by atoms with van der Waals surface area (Å²) in [7, 11) is 1.53. The average molecular weight is 288 g/mol. The van der Waals surface area contributed by atoms with Gasteiger partial charge < -0.3 is 15.8 Å². The van der Waals surface area contributed by atoms with Gasteiger partial charge in [-0.1, -0.05) is 6.07 Å². The van der Waals surface area contributed by atoms with Gasteiger partial charge in [0.15, 0.2) is 0 Å². The van der Waals surface area contributed by atoms with E-state index in [1.165, 1.54) is 12.7 Å². The monoisotopic (exact) mass is 288 g/mol. The highest BCUT2D eigenvalue weighted by atomic mass is 16.5. The zero-order valence-corrected chi connectivity index (χ0v) is 12.3. The van der Waals surface area contributed by atoms with E-state index in [0.717, 1.165) is 18.5 Å². The van der Waals surface area contributed by atoms with Gasteiger partial charge in [-0.25, -0.2) is 0 Å². The van der Waals surface area contributed by atoms with Gasteiger partial charge >= 0.3 is 0 Å². The molecule has 6 nitrogen and oxygen atoms in total. The number of nitrogen functional groups attached to an aromatic ring is 1. The van der Waals surface area contributed by atoms with Crippen molar-refractivity contribution in [2.45, 2.75) is 19.8 Å². The smallest absolute Gasteiger partial charge is 0.253 e. The number of amides is 1. The number of hydrogen-bond acceptors (Lipinski definition) is 4. The number of carbonyl (C=O) groups excluding carboxylic acids is 1. The molecule has 0 unspecified atom stereocenters. The second-order valence-corrected chi connectivity index (χ2v) is 4.80. The maximum absolute atomic E-state index is 12.1. The van der Waals surface area contributed by atoms with Gasteiger partial charge in [-0.3, -0.25) is 9.89 Å². The molecular formula is C15H20N4O2. The number of nitrogens with zero attached hydrogens (tertiary/aromatic N) is 1. The molecule has 1 heterocycles. The van der Waals surface area contributed by atoms with Crippen molar-refractivity contribution < 1.29 is 9.53 Å². The molecule has 0 radical (unpaired) electrons. The Labute approximate surface area is 123 Å². The van der Waals surface area contributed by atoms with E-state index in [-0.39, 0.29) is 5.91 Å². The molecular weight excluding hydrogens is 268 g/mol. The number of rotatable bonds is 6. The topological polar surface area (TPSA) is 93.0 Å². The van der Waals surface area contributed by atoms with E-state index in [9.17, 15) is 4.79 Å². The Morgan fingerprint density at radius 3 is 2.95 bits per heavy atom. The molecule has 0 spiro atoms. The number of aromatic nitrogens is 2. The highest BCUT2D eigenvalue weighted by molar-refractivity contribution is 6.00. The minimum absolute atomic E-state index is 0.185. The molecule has 0 aliphatic rings.